The molecule has 2 bridgehead atoms. The molecule has 0 radical (unpaired) electrons. The first kappa shape index (κ1) is 24.3. The van der Waals surface area contributed by atoms with Crippen molar-refractivity contribution in [2.45, 2.75) is 56.2 Å². The van der Waals surface area contributed by atoms with Crippen molar-refractivity contribution < 1.29 is 13.9 Å². The largest absolute Gasteiger partial charge is 0.481 e. The van der Waals surface area contributed by atoms with Crippen LogP contribution in [0.1, 0.15) is 43.2 Å². The van der Waals surface area contributed by atoms with Crippen LogP contribution in [0.4, 0.5) is 4.39 Å². The minimum absolute atomic E-state index is 0.136. The molecular formula is C28H28ClFN4O3. The van der Waals surface area contributed by atoms with E-state index in [0.29, 0.717) is 64.6 Å². The summed E-state index contributed by atoms with van der Waals surface area (Å²) in [4.78, 5) is 24.2. The molecule has 0 atom stereocenters. The van der Waals surface area contributed by atoms with Gasteiger partial charge in [-0.2, -0.15) is 0 Å². The van der Waals surface area contributed by atoms with Gasteiger partial charge in [0.25, 0.3) is 5.56 Å². The number of methoxy groups -OCH3 is 1. The Balaban J connectivity index is 1.13. The van der Waals surface area contributed by atoms with Crippen molar-refractivity contribution in [2.24, 2.45) is 0 Å². The highest BCUT2D eigenvalue weighted by Gasteiger charge is 2.49. The number of ether oxygens (including phenoxy) is 2. The van der Waals surface area contributed by atoms with E-state index in [1.807, 2.05) is 18.2 Å². The van der Waals surface area contributed by atoms with Gasteiger partial charge < -0.3 is 19.8 Å². The molecule has 4 aromatic rings. The fourth-order valence-corrected chi connectivity index (χ4v) is 5.98. The molecule has 0 spiro atoms. The molecule has 0 unspecified atom stereocenters. The number of aromatic nitrogens is 3. The molecule has 0 amide bonds. The number of hydrogen-bond acceptors (Lipinski definition) is 6. The number of halogens is 2. The molecule has 192 valence electrons. The second-order valence-electron chi connectivity index (χ2n) is 10.2. The van der Waals surface area contributed by atoms with Crippen LogP contribution in [0.25, 0.3) is 21.9 Å². The lowest BCUT2D eigenvalue weighted by atomic mass is 9.69. The van der Waals surface area contributed by atoms with E-state index in [-0.39, 0.29) is 22.5 Å². The lowest BCUT2D eigenvalue weighted by Crippen LogP contribution is -2.61. The van der Waals surface area contributed by atoms with Crippen LogP contribution >= 0.6 is 11.6 Å². The third-order valence-corrected chi connectivity index (χ3v) is 8.43. The first-order chi connectivity index (χ1) is 17.9. The molecule has 3 fully saturated rings. The van der Waals surface area contributed by atoms with Gasteiger partial charge in [-0.1, -0.05) is 23.7 Å². The maximum absolute atomic E-state index is 14.8. The van der Waals surface area contributed by atoms with E-state index < -0.39 is 0 Å². The Hall–Kier alpha value is -3.07. The van der Waals surface area contributed by atoms with E-state index in [2.05, 4.69) is 20.3 Å². The van der Waals surface area contributed by atoms with E-state index in [1.54, 1.807) is 25.3 Å². The summed E-state index contributed by atoms with van der Waals surface area (Å²) in [6, 6.07) is 11.0. The number of aromatic amines is 1. The van der Waals surface area contributed by atoms with Gasteiger partial charge in [-0.15, -0.1) is 0 Å². The number of para-hydroxylation sites is 1. The summed E-state index contributed by atoms with van der Waals surface area (Å²) >= 11 is 6.22. The number of nitrogens with zero attached hydrogens (tertiary/aromatic N) is 2. The predicted octanol–water partition coefficient (Wildman–Crippen LogP) is 5.08. The average Bonchev–Trinajstić information content (AvgIpc) is 2.93. The first-order valence-corrected chi connectivity index (χ1v) is 12.9. The maximum atomic E-state index is 14.8. The molecule has 3 aromatic heterocycles. The zero-order valence-corrected chi connectivity index (χ0v) is 21.3. The van der Waals surface area contributed by atoms with Crippen molar-refractivity contribution in [3.63, 3.8) is 0 Å². The minimum Gasteiger partial charge on any atom is -0.481 e. The molecule has 7 nitrogen and oxygen atoms in total. The van der Waals surface area contributed by atoms with Crippen molar-refractivity contribution in [1.29, 1.82) is 0 Å². The van der Waals surface area contributed by atoms with Crippen LogP contribution in [0.2, 0.25) is 5.02 Å². The van der Waals surface area contributed by atoms with Crippen LogP contribution < -0.4 is 15.6 Å². The van der Waals surface area contributed by atoms with Crippen molar-refractivity contribution in [3.05, 3.63) is 74.9 Å². The van der Waals surface area contributed by atoms with Gasteiger partial charge in [0.15, 0.2) is 0 Å². The third-order valence-electron chi connectivity index (χ3n) is 8.11. The standard InChI is InChI=1S/C28H28ClFN4O3/c1-36-23-6-5-22-25(33-23)19(21(30)15-31-22)7-8-28-11-9-27(10-12-28,16-37-28)32-14-18-13-17-3-2-4-20(29)24(17)34-26(18)35/h2-6,13,15,32H,7-12,14,16H2,1H3,(H,34,35). The first-order valence-electron chi connectivity index (χ1n) is 12.6. The van der Waals surface area contributed by atoms with Crippen LogP contribution in [0, 0.1) is 5.82 Å². The lowest BCUT2D eigenvalue weighted by molar-refractivity contribution is -0.165. The number of rotatable bonds is 7. The summed E-state index contributed by atoms with van der Waals surface area (Å²) in [5.41, 5.74) is 2.50. The SMILES string of the molecule is COc1ccc2ncc(F)c(CCC34CCC(NCc5cc6cccc(Cl)c6[nH]c5=O)(CC3)CO4)c2n1. The molecule has 1 aliphatic carbocycles. The van der Waals surface area contributed by atoms with Gasteiger partial charge in [-0.05, 0) is 56.7 Å². The quantitative estimate of drug-likeness (QED) is 0.352. The van der Waals surface area contributed by atoms with E-state index >= 15 is 0 Å². The van der Waals surface area contributed by atoms with Crippen LogP contribution in [0.15, 0.2) is 47.4 Å². The monoisotopic (exact) mass is 522 g/mol. The minimum atomic E-state index is -0.353. The molecule has 5 heterocycles. The number of H-pyrrole nitrogens is 1. The topological polar surface area (TPSA) is 89.1 Å². The van der Waals surface area contributed by atoms with Gasteiger partial charge in [-0.3, -0.25) is 9.78 Å². The second-order valence-corrected chi connectivity index (χ2v) is 10.6. The Morgan fingerprint density at radius 3 is 2.81 bits per heavy atom. The van der Waals surface area contributed by atoms with Crippen molar-refractivity contribution in [2.75, 3.05) is 13.7 Å². The lowest BCUT2D eigenvalue weighted by Gasteiger charge is -2.53. The van der Waals surface area contributed by atoms with E-state index in [9.17, 15) is 9.18 Å². The number of fused-ring (bicyclic) bond motifs is 5. The molecule has 1 saturated carbocycles. The molecule has 37 heavy (non-hydrogen) atoms. The molecular weight excluding hydrogens is 495 g/mol. The van der Waals surface area contributed by atoms with Gasteiger partial charge in [0.1, 0.15) is 5.82 Å². The summed E-state index contributed by atoms with van der Waals surface area (Å²) in [5.74, 6) is 0.0873. The van der Waals surface area contributed by atoms with Crippen LogP contribution in [0.5, 0.6) is 5.88 Å². The van der Waals surface area contributed by atoms with Gasteiger partial charge in [0, 0.05) is 34.7 Å². The molecule has 7 rings (SSSR count). The van der Waals surface area contributed by atoms with Crippen LogP contribution in [0.3, 0.4) is 0 Å². The molecule has 3 aliphatic rings. The maximum Gasteiger partial charge on any atom is 0.252 e. The van der Waals surface area contributed by atoms with Crippen molar-refractivity contribution in [1.82, 2.24) is 20.3 Å². The van der Waals surface area contributed by atoms with Crippen LogP contribution in [-0.2, 0) is 17.7 Å². The normalized spacial score (nSPS) is 23.1. The molecule has 2 aliphatic heterocycles. The van der Waals surface area contributed by atoms with Gasteiger partial charge in [0.05, 0.1) is 47.1 Å². The Morgan fingerprint density at radius 1 is 1.22 bits per heavy atom. The number of hydrogen-bond donors (Lipinski definition) is 2. The smallest absolute Gasteiger partial charge is 0.252 e. The molecule has 9 heteroatoms. The highest BCUT2D eigenvalue weighted by atomic mass is 35.5. The summed E-state index contributed by atoms with van der Waals surface area (Å²) in [5, 5.41) is 5.07. The van der Waals surface area contributed by atoms with Crippen molar-refractivity contribution >= 4 is 33.5 Å². The van der Waals surface area contributed by atoms with Gasteiger partial charge in [-0.25, -0.2) is 9.37 Å². The van der Waals surface area contributed by atoms with E-state index in [4.69, 9.17) is 21.1 Å². The number of aryl methyl sites for hydroxylation is 1. The van der Waals surface area contributed by atoms with Gasteiger partial charge >= 0.3 is 0 Å². The van der Waals surface area contributed by atoms with E-state index in [0.717, 1.165) is 31.1 Å². The van der Waals surface area contributed by atoms with E-state index in [1.165, 1.54) is 6.20 Å². The number of pyridine rings is 3. The summed E-state index contributed by atoms with van der Waals surface area (Å²) < 4.78 is 26.5. The predicted molar refractivity (Wildman–Crippen MR) is 141 cm³/mol. The number of nitrogens with one attached hydrogen (secondary N) is 2. The Morgan fingerprint density at radius 2 is 2.05 bits per heavy atom. The summed E-state index contributed by atoms with van der Waals surface area (Å²) in [6.07, 6.45) is 6.13. The Labute approximate surface area is 218 Å². The van der Waals surface area contributed by atoms with Crippen LogP contribution in [-0.4, -0.2) is 39.8 Å². The fraction of sp³-hybridized carbons (Fsp3) is 0.393. The Bertz CT molecular complexity index is 1530. The summed E-state index contributed by atoms with van der Waals surface area (Å²) in [6.45, 7) is 1.02. The zero-order chi connectivity index (χ0) is 25.6. The fourth-order valence-electron chi connectivity index (χ4n) is 5.75. The second kappa shape index (κ2) is 9.35. The third kappa shape index (κ3) is 4.47. The van der Waals surface area contributed by atoms with Crippen molar-refractivity contribution in [3.8, 4) is 5.88 Å². The highest BCUT2D eigenvalue weighted by molar-refractivity contribution is 6.35. The highest BCUT2D eigenvalue weighted by Crippen LogP contribution is 2.46. The van der Waals surface area contributed by atoms with Gasteiger partial charge in [0.2, 0.25) is 5.88 Å². The molecule has 1 aromatic carbocycles. The number of benzene rings is 1. The molecule has 2 N–H and O–H groups in total. The average molecular weight is 523 g/mol. The zero-order valence-electron chi connectivity index (χ0n) is 20.6. The molecule has 2 saturated heterocycles. The summed E-state index contributed by atoms with van der Waals surface area (Å²) in [7, 11) is 1.55. The Kier molecular flexibility index (Phi) is 6.13.